The summed E-state index contributed by atoms with van der Waals surface area (Å²) in [4.78, 5) is 19.1. The van der Waals surface area contributed by atoms with Gasteiger partial charge in [-0.3, -0.25) is 4.79 Å². The highest BCUT2D eigenvalue weighted by Gasteiger charge is 2.40. The van der Waals surface area contributed by atoms with E-state index in [1.54, 1.807) is 35.6 Å². The van der Waals surface area contributed by atoms with E-state index in [0.717, 1.165) is 0 Å². The first-order chi connectivity index (χ1) is 10.9. The second-order valence-corrected chi connectivity index (χ2v) is 4.26. The lowest BCUT2D eigenvalue weighted by Gasteiger charge is -2.14. The molecule has 0 spiro atoms. The van der Waals surface area contributed by atoms with Crippen LogP contribution in [0.2, 0.25) is 0 Å². The summed E-state index contributed by atoms with van der Waals surface area (Å²) in [7, 11) is 2.42. The number of carbonyl (C=O) groups is 1. The Bertz CT molecular complexity index is 680. The molecule has 1 aromatic heterocycles. The van der Waals surface area contributed by atoms with Crippen molar-refractivity contribution in [3.63, 3.8) is 0 Å². The third-order valence-electron chi connectivity index (χ3n) is 2.76. The predicted octanol–water partition coefficient (Wildman–Crippen LogP) is 2.66. The lowest BCUT2D eigenvalue weighted by molar-refractivity contribution is -0.167. The van der Waals surface area contributed by atoms with Gasteiger partial charge in [0.25, 0.3) is 0 Å². The zero-order valence-electron chi connectivity index (χ0n) is 12.1. The molecule has 0 radical (unpaired) electrons. The fraction of sp³-hybridized carbons (Fsp3) is 0.214. The number of carbonyl (C=O) groups excluding carboxylic acids is 1. The van der Waals surface area contributed by atoms with Gasteiger partial charge in [-0.2, -0.15) is 23.1 Å². The Kier molecular flexibility index (Phi) is 4.68. The minimum atomic E-state index is -5.06. The van der Waals surface area contributed by atoms with Gasteiger partial charge >= 0.3 is 12.1 Å². The maximum atomic E-state index is 12.4. The van der Waals surface area contributed by atoms with E-state index in [0.29, 0.717) is 5.56 Å². The highest BCUT2D eigenvalue weighted by molar-refractivity contribution is 5.97. The van der Waals surface area contributed by atoms with Gasteiger partial charge in [0.05, 0.1) is 14.2 Å². The molecule has 0 unspecified atom stereocenters. The number of nitrogens with zero attached hydrogens (tertiary/aromatic N) is 2. The first-order valence-corrected chi connectivity index (χ1v) is 6.30. The number of hydrogen-bond donors (Lipinski definition) is 1. The smallest absolute Gasteiger partial charge is 0.471 e. The summed E-state index contributed by atoms with van der Waals surface area (Å²) in [6.45, 7) is 0. The van der Waals surface area contributed by atoms with Crippen molar-refractivity contribution in [2.75, 3.05) is 19.5 Å². The zero-order chi connectivity index (χ0) is 17.0. The van der Waals surface area contributed by atoms with Crippen LogP contribution >= 0.6 is 0 Å². The van der Waals surface area contributed by atoms with Crippen LogP contribution in [0, 0.1) is 0 Å². The average molecular weight is 327 g/mol. The van der Waals surface area contributed by atoms with Crippen LogP contribution in [0.5, 0.6) is 11.8 Å². The van der Waals surface area contributed by atoms with Crippen LogP contribution in [0.3, 0.4) is 0 Å². The van der Waals surface area contributed by atoms with E-state index >= 15 is 0 Å². The van der Waals surface area contributed by atoms with E-state index in [4.69, 9.17) is 9.47 Å². The van der Waals surface area contributed by atoms with Crippen LogP contribution in [0.15, 0.2) is 30.3 Å². The number of aromatic nitrogens is 2. The van der Waals surface area contributed by atoms with E-state index in [-0.39, 0.29) is 17.6 Å². The lowest BCUT2D eigenvalue weighted by atomic mass is 10.2. The molecule has 0 bridgehead atoms. The molecule has 6 nitrogen and oxygen atoms in total. The van der Waals surface area contributed by atoms with Crippen molar-refractivity contribution in [3.05, 3.63) is 30.3 Å². The predicted molar refractivity (Wildman–Crippen MR) is 75.3 cm³/mol. The molecule has 9 heteroatoms. The molecule has 1 aromatic carbocycles. The Morgan fingerprint density at radius 1 is 1.04 bits per heavy atom. The van der Waals surface area contributed by atoms with Crippen molar-refractivity contribution in [2.24, 2.45) is 0 Å². The SMILES string of the molecule is COc1nc(-c2ccccc2)nc(OC)c1NC(=O)C(F)(F)F. The Hall–Kier alpha value is -2.84. The molecule has 0 saturated carbocycles. The highest BCUT2D eigenvalue weighted by atomic mass is 19.4. The van der Waals surface area contributed by atoms with E-state index in [2.05, 4.69) is 9.97 Å². The number of rotatable bonds is 4. The number of ether oxygens (including phenoxy) is 2. The summed E-state index contributed by atoms with van der Waals surface area (Å²) >= 11 is 0. The second-order valence-electron chi connectivity index (χ2n) is 4.26. The fourth-order valence-corrected chi connectivity index (χ4v) is 1.72. The molecule has 122 valence electrons. The molecule has 2 aromatic rings. The summed E-state index contributed by atoms with van der Waals surface area (Å²) in [5.74, 6) is -2.48. The normalized spacial score (nSPS) is 11.0. The fourth-order valence-electron chi connectivity index (χ4n) is 1.72. The van der Waals surface area contributed by atoms with Crippen LogP contribution in [-0.4, -0.2) is 36.3 Å². The number of nitrogens with one attached hydrogen (secondary N) is 1. The van der Waals surface area contributed by atoms with Crippen LogP contribution < -0.4 is 14.8 Å². The third-order valence-corrected chi connectivity index (χ3v) is 2.76. The summed E-state index contributed by atoms with van der Waals surface area (Å²) in [6, 6.07) is 8.70. The minimum absolute atomic E-state index is 0.185. The van der Waals surface area contributed by atoms with Crippen LogP contribution in [0.1, 0.15) is 0 Å². The summed E-state index contributed by atoms with van der Waals surface area (Å²) in [6.07, 6.45) is -5.06. The highest BCUT2D eigenvalue weighted by Crippen LogP contribution is 2.34. The Labute approximate surface area is 129 Å². The second kappa shape index (κ2) is 6.51. The van der Waals surface area contributed by atoms with Crippen molar-refractivity contribution in [3.8, 4) is 23.1 Å². The molecule has 0 atom stereocenters. The van der Waals surface area contributed by atoms with Crippen molar-refractivity contribution in [2.45, 2.75) is 6.18 Å². The molecule has 2 rings (SSSR count). The van der Waals surface area contributed by atoms with Gasteiger partial charge in [0, 0.05) is 5.56 Å². The number of amides is 1. The van der Waals surface area contributed by atoms with Gasteiger partial charge in [0.1, 0.15) is 0 Å². The van der Waals surface area contributed by atoms with E-state index in [9.17, 15) is 18.0 Å². The molecule has 0 aliphatic carbocycles. The molecule has 0 fully saturated rings. The van der Waals surface area contributed by atoms with Gasteiger partial charge in [-0.25, -0.2) is 0 Å². The molecular weight excluding hydrogens is 315 g/mol. The number of halogens is 3. The molecule has 0 saturated heterocycles. The molecular formula is C14H12F3N3O3. The average Bonchev–Trinajstić information content (AvgIpc) is 2.54. The largest absolute Gasteiger partial charge is 0.479 e. The van der Waals surface area contributed by atoms with E-state index < -0.39 is 17.8 Å². The number of hydrogen-bond acceptors (Lipinski definition) is 5. The van der Waals surface area contributed by atoms with Crippen LogP contribution in [0.4, 0.5) is 18.9 Å². The van der Waals surface area contributed by atoms with E-state index in [1.165, 1.54) is 14.2 Å². The number of alkyl halides is 3. The number of anilines is 1. The molecule has 1 amide bonds. The first kappa shape index (κ1) is 16.5. The van der Waals surface area contributed by atoms with Gasteiger partial charge in [-0.15, -0.1) is 0 Å². The molecule has 0 aliphatic rings. The maximum absolute atomic E-state index is 12.4. The Morgan fingerprint density at radius 2 is 1.57 bits per heavy atom. The number of benzene rings is 1. The van der Waals surface area contributed by atoms with Crippen molar-refractivity contribution in [1.29, 1.82) is 0 Å². The number of methoxy groups -OCH3 is 2. The van der Waals surface area contributed by atoms with Crippen molar-refractivity contribution >= 4 is 11.6 Å². The molecule has 0 aliphatic heterocycles. The summed E-state index contributed by atoms with van der Waals surface area (Å²) < 4.78 is 47.1. The van der Waals surface area contributed by atoms with Crippen molar-refractivity contribution in [1.82, 2.24) is 9.97 Å². The maximum Gasteiger partial charge on any atom is 0.471 e. The van der Waals surface area contributed by atoms with Crippen LogP contribution in [-0.2, 0) is 4.79 Å². The molecule has 1 heterocycles. The van der Waals surface area contributed by atoms with Crippen molar-refractivity contribution < 1.29 is 27.4 Å². The summed E-state index contributed by atoms with van der Waals surface area (Å²) in [5.41, 5.74) is 0.217. The quantitative estimate of drug-likeness (QED) is 0.934. The lowest BCUT2D eigenvalue weighted by Crippen LogP contribution is -2.30. The third kappa shape index (κ3) is 3.68. The zero-order valence-corrected chi connectivity index (χ0v) is 12.1. The van der Waals surface area contributed by atoms with Gasteiger partial charge in [-0.05, 0) is 0 Å². The van der Waals surface area contributed by atoms with Gasteiger partial charge in [0.2, 0.25) is 11.8 Å². The summed E-state index contributed by atoms with van der Waals surface area (Å²) in [5, 5.41) is 1.66. The minimum Gasteiger partial charge on any atom is -0.479 e. The Morgan fingerprint density at radius 3 is 2.00 bits per heavy atom. The first-order valence-electron chi connectivity index (χ1n) is 6.30. The van der Waals surface area contributed by atoms with Crippen LogP contribution in [0.25, 0.3) is 11.4 Å². The van der Waals surface area contributed by atoms with Gasteiger partial charge < -0.3 is 14.8 Å². The Balaban J connectivity index is 2.49. The van der Waals surface area contributed by atoms with Gasteiger partial charge in [-0.1, -0.05) is 30.3 Å². The topological polar surface area (TPSA) is 73.3 Å². The monoisotopic (exact) mass is 327 g/mol. The molecule has 23 heavy (non-hydrogen) atoms. The standard InChI is InChI=1S/C14H12F3N3O3/c1-22-11-9(18-13(21)14(15,16)17)12(23-2)20-10(19-11)8-6-4-3-5-7-8/h3-7H,1-2H3,(H,18,21). The van der Waals surface area contributed by atoms with Gasteiger partial charge in [0.15, 0.2) is 11.5 Å². The molecule has 1 N–H and O–H groups in total. The van der Waals surface area contributed by atoms with E-state index in [1.807, 2.05) is 0 Å².